The normalized spacial score (nSPS) is 35.2. The number of ether oxygens (including phenoxy) is 4. The molecule has 49 heavy (non-hydrogen) atoms. The van der Waals surface area contributed by atoms with E-state index in [1.54, 1.807) is 0 Å². The van der Waals surface area contributed by atoms with Crippen LogP contribution in [0, 0.1) is 0 Å². The molecule has 0 aromatic carbocycles. The molecule has 2 rings (SSSR count). The summed E-state index contributed by atoms with van der Waals surface area (Å²) in [5.74, 6) is -4.13. The van der Waals surface area contributed by atoms with Crippen molar-refractivity contribution in [1.82, 2.24) is 0 Å². The summed E-state index contributed by atoms with van der Waals surface area (Å²) in [6.07, 6.45) is -33.4. The monoisotopic (exact) mass is 770 g/mol. The van der Waals surface area contributed by atoms with E-state index in [0.717, 1.165) is 0 Å². The number of carbonyl (C=O) groups is 2. The minimum atomic E-state index is -2.46. The summed E-state index contributed by atoms with van der Waals surface area (Å²) >= 11 is 0. The number of hydrogen-bond donors (Lipinski definition) is 16. The van der Waals surface area contributed by atoms with Crippen molar-refractivity contribution in [2.75, 3.05) is 26.4 Å². The molecule has 0 unspecified atom stereocenters. The van der Waals surface area contributed by atoms with Crippen LogP contribution >= 0.6 is 0 Å². The van der Waals surface area contributed by atoms with Crippen molar-refractivity contribution in [2.24, 2.45) is 0 Å². The maximum atomic E-state index is 10.4. The van der Waals surface area contributed by atoms with Gasteiger partial charge in [0.2, 0.25) is 0 Å². The third-order valence-corrected chi connectivity index (χ3v) is 7.18. The van der Waals surface area contributed by atoms with Crippen LogP contribution in [0.3, 0.4) is 0 Å². The Hall–Kier alpha value is -1.34. The molecule has 2 fully saturated rings. The van der Waals surface area contributed by atoms with Crippen LogP contribution in [0.25, 0.3) is 0 Å². The summed E-state index contributed by atoms with van der Waals surface area (Å²) in [7, 11) is 0. The number of carboxylic acids is 2. The molecular formula is C24H42FeO24. The van der Waals surface area contributed by atoms with Gasteiger partial charge in [-0.2, -0.15) is 0 Å². The quantitative estimate of drug-likeness (QED) is 0.0648. The summed E-state index contributed by atoms with van der Waals surface area (Å²) in [5.41, 5.74) is 0. The topological polar surface area (TPSA) is 441 Å². The number of hydrogen-bond acceptors (Lipinski definition) is 24. The molecule has 2 saturated heterocycles. The molecule has 0 saturated carbocycles. The van der Waals surface area contributed by atoms with Gasteiger partial charge in [0.15, 0.2) is 12.6 Å². The number of aliphatic hydroxyl groups is 16. The van der Waals surface area contributed by atoms with Crippen LogP contribution in [0.5, 0.6) is 0 Å². The van der Waals surface area contributed by atoms with E-state index in [9.17, 15) is 81.1 Å². The van der Waals surface area contributed by atoms with E-state index in [4.69, 9.17) is 39.4 Å². The maximum Gasteiger partial charge on any atom is 2.00 e. The molecule has 0 spiro atoms. The molecule has 2 aliphatic rings. The van der Waals surface area contributed by atoms with E-state index in [1.165, 1.54) is 0 Å². The fourth-order valence-electron chi connectivity index (χ4n) is 4.10. The van der Waals surface area contributed by atoms with Crippen molar-refractivity contribution in [3.05, 3.63) is 0 Å². The van der Waals surface area contributed by atoms with Gasteiger partial charge in [-0.25, -0.2) is 0 Å². The molecule has 25 heteroatoms. The average Bonchev–Trinajstić information content (AvgIpc) is 3.06. The minimum Gasteiger partial charge on any atom is -0.547 e. The average molecular weight is 770 g/mol. The van der Waals surface area contributed by atoms with Crippen LogP contribution in [0.1, 0.15) is 0 Å². The molecular weight excluding hydrogens is 728 g/mol. The molecule has 0 radical (unpaired) electrons. The van der Waals surface area contributed by atoms with Crippen LogP contribution in [0.4, 0.5) is 0 Å². The molecule has 16 N–H and O–H groups in total. The molecule has 24 nitrogen and oxygen atoms in total. The Labute approximate surface area is 286 Å². The zero-order chi connectivity index (χ0) is 37.2. The first kappa shape index (κ1) is 47.7. The number of rotatable bonds is 16. The van der Waals surface area contributed by atoms with Gasteiger partial charge in [0.05, 0.1) is 38.4 Å². The smallest absolute Gasteiger partial charge is 0.547 e. The molecule has 0 amide bonds. The van der Waals surface area contributed by atoms with Gasteiger partial charge < -0.3 is 120 Å². The Bertz CT molecular complexity index is 888. The Morgan fingerprint density at radius 1 is 0.531 bits per heavy atom. The number of aliphatic carboxylic acids is 2. The molecule has 0 aliphatic carbocycles. The first-order valence-electron chi connectivity index (χ1n) is 13.9. The Morgan fingerprint density at radius 2 is 0.816 bits per heavy atom. The van der Waals surface area contributed by atoms with E-state index < -0.39 is 149 Å². The second kappa shape index (κ2) is 21.9. The zero-order valence-electron chi connectivity index (χ0n) is 25.0. The number of carbonyl (C=O) groups excluding carboxylic acids is 2. The van der Waals surface area contributed by atoms with Crippen LogP contribution in [0.2, 0.25) is 0 Å². The molecule has 2 aliphatic heterocycles. The van der Waals surface area contributed by atoms with Crippen molar-refractivity contribution < 1.29 is 138 Å². The molecule has 0 bridgehead atoms. The SMILES string of the molecule is O=C([O-])[C@H](O)[C@@H](O)[C@H](O)[C@H](O)CO[C@H]1O[C@H](CO)[C@@H](O)[C@H](O)[C@H]1O.O=C([O-])[C@H](O)[C@@H](O)[C@H](O)[C@H](O)CO[C@H]1O[C@H](CO)[C@@H](O)[C@H](O)[C@H]1O.[Fe+2]. The molecule has 2 heterocycles. The summed E-state index contributed by atoms with van der Waals surface area (Å²) in [6.45, 7) is -3.01. The van der Waals surface area contributed by atoms with Gasteiger partial charge in [-0.1, -0.05) is 0 Å². The molecule has 0 aromatic heterocycles. The largest absolute Gasteiger partial charge is 2.00 e. The fourth-order valence-corrected chi connectivity index (χ4v) is 4.10. The van der Waals surface area contributed by atoms with Crippen molar-refractivity contribution in [3.63, 3.8) is 0 Å². The second-order valence-electron chi connectivity index (χ2n) is 10.7. The van der Waals surface area contributed by atoms with E-state index in [0.29, 0.717) is 0 Å². The standard InChI is InChI=1S/2C12H22O12.Fe/c2*13-1-4-6(16)8(18)10(20)12(24-4)23-2-3(14)5(15)7(17)9(19)11(21)22;/h2*3-10,12-20H,1-2H2,(H,21,22);/q;;+2/p-2/t2*3-,4-,5-,6-,7+,8+,9-,10-,12+;/m11./s1. The van der Waals surface area contributed by atoms with Crippen molar-refractivity contribution >= 4 is 11.9 Å². The van der Waals surface area contributed by atoms with E-state index in [2.05, 4.69) is 0 Å². The van der Waals surface area contributed by atoms with Gasteiger partial charge in [-0.15, -0.1) is 0 Å². The first-order valence-corrected chi connectivity index (χ1v) is 13.9. The summed E-state index contributed by atoms with van der Waals surface area (Å²) in [4.78, 5) is 20.8. The van der Waals surface area contributed by atoms with Crippen LogP contribution in [0.15, 0.2) is 0 Å². The summed E-state index contributed by atoms with van der Waals surface area (Å²) in [5, 5.41) is 171. The zero-order valence-corrected chi connectivity index (χ0v) is 26.1. The molecule has 18 atom stereocenters. The Kier molecular flexibility index (Phi) is 21.3. The first-order chi connectivity index (χ1) is 22.2. The van der Waals surface area contributed by atoms with Crippen LogP contribution in [-0.4, -0.2) is 230 Å². The van der Waals surface area contributed by atoms with E-state index in [-0.39, 0.29) is 17.1 Å². The Balaban J connectivity index is 0.000000922. The van der Waals surface area contributed by atoms with E-state index in [1.807, 2.05) is 0 Å². The summed E-state index contributed by atoms with van der Waals surface area (Å²) in [6, 6.07) is 0. The Morgan fingerprint density at radius 3 is 1.06 bits per heavy atom. The second-order valence-corrected chi connectivity index (χ2v) is 10.7. The third-order valence-electron chi connectivity index (χ3n) is 7.18. The van der Waals surface area contributed by atoms with E-state index >= 15 is 0 Å². The summed E-state index contributed by atoms with van der Waals surface area (Å²) < 4.78 is 19.7. The van der Waals surface area contributed by atoms with Crippen LogP contribution < -0.4 is 10.2 Å². The van der Waals surface area contributed by atoms with Gasteiger partial charge in [0, 0.05) is 0 Å². The van der Waals surface area contributed by atoms with Gasteiger partial charge in [-0.05, 0) is 0 Å². The molecule has 0 aromatic rings. The van der Waals surface area contributed by atoms with Gasteiger partial charge in [-0.3, -0.25) is 0 Å². The van der Waals surface area contributed by atoms with Gasteiger partial charge >= 0.3 is 17.1 Å². The fraction of sp³-hybridized carbons (Fsp3) is 0.917. The van der Waals surface area contributed by atoms with Gasteiger partial charge in [0.1, 0.15) is 97.7 Å². The maximum absolute atomic E-state index is 10.4. The van der Waals surface area contributed by atoms with Crippen molar-refractivity contribution in [2.45, 2.75) is 110 Å². The molecule has 290 valence electrons. The number of carboxylic acid groups (broad SMARTS) is 2. The number of aliphatic hydroxyl groups excluding tert-OH is 16. The van der Waals surface area contributed by atoms with Crippen LogP contribution in [-0.2, 0) is 45.6 Å². The minimum absolute atomic E-state index is 0. The predicted molar refractivity (Wildman–Crippen MR) is 138 cm³/mol. The van der Waals surface area contributed by atoms with Crippen molar-refractivity contribution in [3.8, 4) is 0 Å². The van der Waals surface area contributed by atoms with Crippen molar-refractivity contribution in [1.29, 1.82) is 0 Å². The third kappa shape index (κ3) is 13.0. The van der Waals surface area contributed by atoms with Gasteiger partial charge in [0.25, 0.3) is 0 Å². The predicted octanol–water partition coefficient (Wildman–Crippen LogP) is -14.0.